The van der Waals surface area contributed by atoms with Crippen molar-refractivity contribution in [2.24, 2.45) is 0 Å². The van der Waals surface area contributed by atoms with Crippen molar-refractivity contribution < 1.29 is 13.2 Å². The summed E-state index contributed by atoms with van der Waals surface area (Å²) in [5, 5.41) is 1.71. The molecule has 0 fully saturated rings. The fourth-order valence-electron chi connectivity index (χ4n) is 2.73. The maximum absolute atomic E-state index is 12.2. The van der Waals surface area contributed by atoms with Crippen molar-refractivity contribution in [3.05, 3.63) is 64.0 Å². The highest BCUT2D eigenvalue weighted by atomic mass is 35.5. The monoisotopic (exact) mass is 376 g/mol. The van der Waals surface area contributed by atoms with Crippen molar-refractivity contribution in [2.45, 2.75) is 13.3 Å². The third kappa shape index (κ3) is 4.21. The van der Waals surface area contributed by atoms with Gasteiger partial charge >= 0.3 is 0 Å². The molecule has 0 aliphatic carbocycles. The second-order valence-electron chi connectivity index (χ2n) is 5.77. The highest BCUT2D eigenvalue weighted by molar-refractivity contribution is 7.95. The normalized spacial score (nSPS) is 13.9. The Morgan fingerprint density at radius 1 is 1.20 bits per heavy atom. The van der Waals surface area contributed by atoms with Crippen molar-refractivity contribution in [3.63, 3.8) is 0 Å². The number of nitrogens with one attached hydrogen (secondary N) is 1. The summed E-state index contributed by atoms with van der Waals surface area (Å²) in [6, 6.07) is 12.1. The van der Waals surface area contributed by atoms with Gasteiger partial charge in [-0.2, -0.15) is 0 Å². The number of halogens is 1. The molecule has 1 N–H and O–H groups in total. The van der Waals surface area contributed by atoms with E-state index in [1.807, 2.05) is 0 Å². The van der Waals surface area contributed by atoms with Gasteiger partial charge in [-0.05, 0) is 54.0 Å². The first-order chi connectivity index (χ1) is 11.8. The zero-order chi connectivity index (χ0) is 18.0. The number of hydrogen-bond donors (Lipinski definition) is 1. The number of benzene rings is 2. The molecule has 0 saturated carbocycles. The van der Waals surface area contributed by atoms with Crippen LogP contribution < -0.4 is 9.62 Å². The average Bonchev–Trinajstić information content (AvgIpc) is 2.97. The fourth-order valence-corrected chi connectivity index (χ4v) is 3.72. The minimum absolute atomic E-state index is 0.0158. The van der Waals surface area contributed by atoms with Crippen molar-refractivity contribution in [1.29, 1.82) is 0 Å². The fraction of sp³-hybridized carbons (Fsp3) is 0.167. The Bertz CT molecular complexity index is 937. The lowest BCUT2D eigenvalue weighted by molar-refractivity contribution is -0.116. The molecule has 0 aromatic heterocycles. The molecule has 0 atom stereocenters. The molecule has 0 spiro atoms. The van der Waals surface area contributed by atoms with Gasteiger partial charge in [0.2, 0.25) is 5.91 Å². The van der Waals surface area contributed by atoms with Gasteiger partial charge in [0.25, 0.3) is 10.0 Å². The van der Waals surface area contributed by atoms with E-state index in [1.54, 1.807) is 47.4 Å². The summed E-state index contributed by atoms with van der Waals surface area (Å²) in [4.78, 5) is 13.2. The van der Waals surface area contributed by atoms with E-state index in [1.165, 1.54) is 13.0 Å². The van der Waals surface area contributed by atoms with Crippen molar-refractivity contribution in [1.82, 2.24) is 0 Å². The number of carbonyl (C=O) groups excluding carboxylic acids is 1. The molecule has 0 radical (unpaired) electrons. The largest absolute Gasteiger partial charge is 0.312 e. The molecule has 7 heteroatoms. The van der Waals surface area contributed by atoms with E-state index in [0.717, 1.165) is 22.2 Å². The van der Waals surface area contributed by atoms with E-state index in [0.29, 0.717) is 23.7 Å². The summed E-state index contributed by atoms with van der Waals surface area (Å²) in [7, 11) is -3.63. The van der Waals surface area contributed by atoms with E-state index in [2.05, 4.69) is 4.72 Å². The van der Waals surface area contributed by atoms with Crippen molar-refractivity contribution in [3.8, 4) is 0 Å². The smallest absolute Gasteiger partial charge is 0.255 e. The standard InChI is InChI=1S/C18H17ClN2O3S/c1-13(22)21-10-8-15-12-17(6-7-18(15)21)20-25(23,24)11-9-14-2-4-16(19)5-3-14/h2-7,9,11-12,20H,8,10H2,1H3/b11-9+. The number of anilines is 2. The van der Waals surface area contributed by atoms with Gasteiger partial charge in [0.05, 0.1) is 5.41 Å². The van der Waals surface area contributed by atoms with E-state index >= 15 is 0 Å². The molecule has 5 nitrogen and oxygen atoms in total. The van der Waals surface area contributed by atoms with Gasteiger partial charge in [-0.1, -0.05) is 23.7 Å². The van der Waals surface area contributed by atoms with Gasteiger partial charge in [-0.25, -0.2) is 8.42 Å². The first-order valence-electron chi connectivity index (χ1n) is 7.71. The molecule has 1 aliphatic heterocycles. The van der Waals surface area contributed by atoms with Crippen molar-refractivity contribution in [2.75, 3.05) is 16.2 Å². The van der Waals surface area contributed by atoms with E-state index < -0.39 is 10.0 Å². The predicted octanol–water partition coefficient (Wildman–Crippen LogP) is 3.66. The Morgan fingerprint density at radius 3 is 2.60 bits per heavy atom. The second-order valence-corrected chi connectivity index (χ2v) is 7.77. The van der Waals surface area contributed by atoms with Crippen LogP contribution in [0.15, 0.2) is 47.9 Å². The Kier molecular flexibility index (Phi) is 4.83. The molecule has 1 aliphatic rings. The highest BCUT2D eigenvalue weighted by Gasteiger charge is 2.22. The third-order valence-corrected chi connectivity index (χ3v) is 5.19. The summed E-state index contributed by atoms with van der Waals surface area (Å²) in [6.07, 6.45) is 2.22. The van der Waals surface area contributed by atoms with Crippen LogP contribution in [0.3, 0.4) is 0 Å². The number of amides is 1. The van der Waals surface area contributed by atoms with E-state index in [-0.39, 0.29) is 5.91 Å². The molecule has 1 heterocycles. The lowest BCUT2D eigenvalue weighted by Crippen LogP contribution is -2.25. The van der Waals surface area contributed by atoms with E-state index in [4.69, 9.17) is 11.6 Å². The Morgan fingerprint density at radius 2 is 1.92 bits per heavy atom. The second kappa shape index (κ2) is 6.90. The molecular weight excluding hydrogens is 360 g/mol. The minimum Gasteiger partial charge on any atom is -0.312 e. The van der Waals surface area contributed by atoms with Gasteiger partial charge in [0, 0.05) is 29.9 Å². The topological polar surface area (TPSA) is 66.5 Å². The quantitative estimate of drug-likeness (QED) is 0.885. The molecule has 2 aromatic rings. The van der Waals surface area contributed by atoms with Gasteiger partial charge in [-0.15, -0.1) is 0 Å². The summed E-state index contributed by atoms with van der Waals surface area (Å²) >= 11 is 5.81. The average molecular weight is 377 g/mol. The zero-order valence-electron chi connectivity index (χ0n) is 13.6. The highest BCUT2D eigenvalue weighted by Crippen LogP contribution is 2.30. The number of carbonyl (C=O) groups is 1. The van der Waals surface area contributed by atoms with Crippen LogP contribution >= 0.6 is 11.6 Å². The SMILES string of the molecule is CC(=O)N1CCc2cc(NS(=O)(=O)/C=C/c3ccc(Cl)cc3)ccc21. The Hall–Kier alpha value is -2.31. The summed E-state index contributed by atoms with van der Waals surface area (Å²) in [5.74, 6) is -0.0158. The first-order valence-corrected chi connectivity index (χ1v) is 9.64. The number of nitrogens with zero attached hydrogens (tertiary/aromatic N) is 1. The molecule has 0 bridgehead atoms. The maximum Gasteiger partial charge on any atom is 0.255 e. The minimum atomic E-state index is -3.63. The van der Waals surface area contributed by atoms with Crippen LogP contribution in [-0.2, 0) is 21.2 Å². The molecule has 130 valence electrons. The van der Waals surface area contributed by atoms with Crippen LogP contribution in [0.4, 0.5) is 11.4 Å². The summed E-state index contributed by atoms with van der Waals surface area (Å²) in [5.41, 5.74) is 3.01. The Labute approximate surface area is 152 Å². The first kappa shape index (κ1) is 17.5. The molecule has 3 rings (SSSR count). The van der Waals surface area contributed by atoms with Crippen molar-refractivity contribution >= 4 is 45.0 Å². The van der Waals surface area contributed by atoms with Crippen LogP contribution in [0.5, 0.6) is 0 Å². The van der Waals surface area contributed by atoms with Crippen LogP contribution in [0.1, 0.15) is 18.1 Å². The molecule has 0 saturated heterocycles. The van der Waals surface area contributed by atoms with Crippen LogP contribution in [0, 0.1) is 0 Å². The summed E-state index contributed by atoms with van der Waals surface area (Å²) < 4.78 is 27.0. The lowest BCUT2D eigenvalue weighted by atomic mass is 10.1. The van der Waals surface area contributed by atoms with Crippen LogP contribution in [0.2, 0.25) is 5.02 Å². The predicted molar refractivity (Wildman–Crippen MR) is 101 cm³/mol. The number of sulfonamides is 1. The molecule has 2 aromatic carbocycles. The number of rotatable bonds is 4. The van der Waals surface area contributed by atoms with Crippen LogP contribution in [-0.4, -0.2) is 20.9 Å². The number of hydrogen-bond acceptors (Lipinski definition) is 3. The Balaban J connectivity index is 1.75. The zero-order valence-corrected chi connectivity index (χ0v) is 15.1. The molecule has 0 unspecified atom stereocenters. The molecular formula is C18H17ClN2O3S. The van der Waals surface area contributed by atoms with Crippen LogP contribution in [0.25, 0.3) is 6.08 Å². The third-order valence-electron chi connectivity index (χ3n) is 3.92. The van der Waals surface area contributed by atoms with Gasteiger partial charge in [-0.3, -0.25) is 9.52 Å². The van der Waals surface area contributed by atoms with Gasteiger partial charge in [0.15, 0.2) is 0 Å². The van der Waals surface area contributed by atoms with Gasteiger partial charge < -0.3 is 4.90 Å². The lowest BCUT2D eigenvalue weighted by Gasteiger charge is -2.15. The molecule has 25 heavy (non-hydrogen) atoms. The molecule has 1 amide bonds. The summed E-state index contributed by atoms with van der Waals surface area (Å²) in [6.45, 7) is 2.14. The van der Waals surface area contributed by atoms with Gasteiger partial charge in [0.1, 0.15) is 0 Å². The number of fused-ring (bicyclic) bond motifs is 1. The van der Waals surface area contributed by atoms with E-state index in [9.17, 15) is 13.2 Å². The maximum atomic E-state index is 12.2.